The predicted molar refractivity (Wildman–Crippen MR) is 133 cm³/mol. The van der Waals surface area contributed by atoms with Crippen molar-refractivity contribution in [3.05, 3.63) is 59.2 Å². The molecule has 1 saturated heterocycles. The highest BCUT2D eigenvalue weighted by Crippen LogP contribution is 2.26. The molecule has 1 aliphatic rings. The van der Waals surface area contributed by atoms with E-state index in [1.54, 1.807) is 17.0 Å². The zero-order valence-corrected chi connectivity index (χ0v) is 20.5. The number of amides is 2. The molecule has 8 nitrogen and oxygen atoms in total. The molecule has 0 unspecified atom stereocenters. The van der Waals surface area contributed by atoms with Gasteiger partial charge in [0, 0.05) is 36.4 Å². The van der Waals surface area contributed by atoms with Crippen molar-refractivity contribution in [2.75, 3.05) is 37.4 Å². The fourth-order valence-corrected chi connectivity index (χ4v) is 4.74. The third-order valence-corrected chi connectivity index (χ3v) is 6.75. The number of rotatable bonds is 7. The molecule has 0 bridgehead atoms. The van der Waals surface area contributed by atoms with Crippen molar-refractivity contribution in [3.63, 3.8) is 0 Å². The Morgan fingerprint density at radius 1 is 1.09 bits per heavy atom. The van der Waals surface area contributed by atoms with Crippen molar-refractivity contribution in [1.82, 2.24) is 19.7 Å². The van der Waals surface area contributed by atoms with Gasteiger partial charge in [0.1, 0.15) is 0 Å². The van der Waals surface area contributed by atoms with E-state index in [0.29, 0.717) is 49.3 Å². The Morgan fingerprint density at radius 2 is 1.85 bits per heavy atom. The lowest BCUT2D eigenvalue weighted by atomic mass is 10.1. The van der Waals surface area contributed by atoms with Gasteiger partial charge in [-0.05, 0) is 44.5 Å². The Balaban J connectivity index is 1.42. The third kappa shape index (κ3) is 5.31. The van der Waals surface area contributed by atoms with Gasteiger partial charge in [0.05, 0.1) is 19.0 Å². The average molecular weight is 480 g/mol. The molecule has 9 heteroatoms. The van der Waals surface area contributed by atoms with Crippen LogP contribution in [0.5, 0.6) is 0 Å². The lowest BCUT2D eigenvalue weighted by Crippen LogP contribution is -2.41. The molecule has 1 N–H and O–H groups in total. The largest absolute Gasteiger partial charge is 0.378 e. The molecule has 2 aromatic carbocycles. The topological polar surface area (TPSA) is 89.4 Å². The molecule has 3 aromatic rings. The summed E-state index contributed by atoms with van der Waals surface area (Å²) < 4.78 is 7.35. The van der Waals surface area contributed by atoms with E-state index in [1.807, 2.05) is 49.6 Å². The number of anilines is 1. The van der Waals surface area contributed by atoms with Crippen LogP contribution in [0.1, 0.15) is 28.4 Å². The van der Waals surface area contributed by atoms with Crippen LogP contribution < -0.4 is 5.32 Å². The Morgan fingerprint density at radius 3 is 2.59 bits per heavy atom. The van der Waals surface area contributed by atoms with E-state index in [0.717, 1.165) is 22.5 Å². The Kier molecular flexibility index (Phi) is 7.64. The lowest BCUT2D eigenvalue weighted by molar-refractivity contribution is -0.113. The van der Waals surface area contributed by atoms with Crippen LogP contribution in [-0.4, -0.2) is 63.5 Å². The van der Waals surface area contributed by atoms with E-state index >= 15 is 0 Å². The minimum absolute atomic E-state index is 0.0361. The van der Waals surface area contributed by atoms with Crippen LogP contribution in [0.3, 0.4) is 0 Å². The number of nitrogens with zero attached hydrogens (tertiary/aromatic N) is 4. The Hall–Kier alpha value is -3.17. The highest BCUT2D eigenvalue weighted by Gasteiger charge is 2.21. The standard InChI is InChI=1S/C25H29N5O3S/c1-4-30-23(19-8-5-7-17(2)15-19)27-28-25(30)34-16-22(31)26-21-10-6-9-20(18(21)3)24(32)29-11-13-33-14-12-29/h5-10,15H,4,11-14,16H2,1-3H3,(H,26,31). The molecule has 178 valence electrons. The van der Waals surface area contributed by atoms with E-state index in [2.05, 4.69) is 21.6 Å². The van der Waals surface area contributed by atoms with Crippen molar-refractivity contribution in [3.8, 4) is 11.4 Å². The second-order valence-electron chi connectivity index (χ2n) is 8.14. The molecule has 2 amide bonds. The highest BCUT2D eigenvalue weighted by molar-refractivity contribution is 7.99. The number of nitrogens with one attached hydrogen (secondary N) is 1. The van der Waals surface area contributed by atoms with E-state index in [1.165, 1.54) is 11.8 Å². The number of aromatic nitrogens is 3. The first-order chi connectivity index (χ1) is 16.5. The van der Waals surface area contributed by atoms with Crippen LogP contribution >= 0.6 is 11.8 Å². The van der Waals surface area contributed by atoms with Crippen molar-refractivity contribution in [1.29, 1.82) is 0 Å². The number of carbonyl (C=O) groups is 2. The molecule has 1 fully saturated rings. The van der Waals surface area contributed by atoms with Gasteiger partial charge < -0.3 is 19.5 Å². The summed E-state index contributed by atoms with van der Waals surface area (Å²) >= 11 is 1.35. The van der Waals surface area contributed by atoms with Gasteiger partial charge in [-0.3, -0.25) is 9.59 Å². The molecule has 1 aliphatic heterocycles. The number of morpholine rings is 1. The van der Waals surface area contributed by atoms with Crippen LogP contribution in [0.2, 0.25) is 0 Å². The van der Waals surface area contributed by atoms with Gasteiger partial charge in [-0.25, -0.2) is 0 Å². The molecule has 0 radical (unpaired) electrons. The first-order valence-corrected chi connectivity index (χ1v) is 12.4. The molecule has 34 heavy (non-hydrogen) atoms. The summed E-state index contributed by atoms with van der Waals surface area (Å²) in [6, 6.07) is 13.5. The summed E-state index contributed by atoms with van der Waals surface area (Å²) in [7, 11) is 0. The summed E-state index contributed by atoms with van der Waals surface area (Å²) in [5.74, 6) is 0.782. The fourth-order valence-electron chi connectivity index (χ4n) is 3.93. The first kappa shape index (κ1) is 24.0. The maximum Gasteiger partial charge on any atom is 0.254 e. The smallest absolute Gasteiger partial charge is 0.254 e. The number of hydrogen-bond donors (Lipinski definition) is 1. The van der Waals surface area contributed by atoms with E-state index < -0.39 is 0 Å². The van der Waals surface area contributed by atoms with Gasteiger partial charge in [0.2, 0.25) is 5.91 Å². The summed E-state index contributed by atoms with van der Waals surface area (Å²) in [4.78, 5) is 27.4. The molecular weight excluding hydrogens is 450 g/mol. The molecule has 0 spiro atoms. The van der Waals surface area contributed by atoms with Gasteiger partial charge in [-0.1, -0.05) is 41.6 Å². The first-order valence-electron chi connectivity index (χ1n) is 11.4. The summed E-state index contributed by atoms with van der Waals surface area (Å²) in [6.45, 7) is 8.89. The normalized spacial score (nSPS) is 13.7. The molecule has 2 heterocycles. The maximum atomic E-state index is 12.9. The van der Waals surface area contributed by atoms with E-state index in [9.17, 15) is 9.59 Å². The van der Waals surface area contributed by atoms with Crippen LogP contribution in [0.15, 0.2) is 47.6 Å². The number of ether oxygens (including phenoxy) is 1. The second kappa shape index (κ2) is 10.8. The highest BCUT2D eigenvalue weighted by atomic mass is 32.2. The predicted octanol–water partition coefficient (Wildman–Crippen LogP) is 3.79. The minimum Gasteiger partial charge on any atom is -0.378 e. The van der Waals surface area contributed by atoms with E-state index in [-0.39, 0.29) is 17.6 Å². The van der Waals surface area contributed by atoms with Crippen molar-refractivity contribution >= 4 is 29.3 Å². The number of hydrogen-bond acceptors (Lipinski definition) is 6. The summed E-state index contributed by atoms with van der Waals surface area (Å²) in [5.41, 5.74) is 4.16. The molecule has 0 atom stereocenters. The minimum atomic E-state index is -0.160. The molecule has 4 rings (SSSR count). The van der Waals surface area contributed by atoms with Crippen molar-refractivity contribution in [2.45, 2.75) is 32.5 Å². The summed E-state index contributed by atoms with van der Waals surface area (Å²) in [5, 5.41) is 12.3. The number of aryl methyl sites for hydroxylation is 1. The number of benzene rings is 2. The average Bonchev–Trinajstić information content (AvgIpc) is 3.27. The molecule has 0 aliphatic carbocycles. The molecular formula is C25H29N5O3S. The van der Waals surface area contributed by atoms with Crippen LogP contribution in [0.4, 0.5) is 5.69 Å². The SMILES string of the molecule is CCn1c(SCC(=O)Nc2cccc(C(=O)N3CCOCC3)c2C)nnc1-c1cccc(C)c1. The van der Waals surface area contributed by atoms with Gasteiger partial charge in [-0.15, -0.1) is 10.2 Å². The molecule has 1 aromatic heterocycles. The Labute approximate surface area is 203 Å². The quantitative estimate of drug-likeness (QED) is 0.519. The van der Waals surface area contributed by atoms with Crippen LogP contribution in [-0.2, 0) is 16.1 Å². The number of carbonyl (C=O) groups excluding carboxylic acids is 2. The van der Waals surface area contributed by atoms with Crippen molar-refractivity contribution in [2.24, 2.45) is 0 Å². The molecule has 0 saturated carbocycles. The monoisotopic (exact) mass is 479 g/mol. The van der Waals surface area contributed by atoms with Crippen molar-refractivity contribution < 1.29 is 14.3 Å². The maximum absolute atomic E-state index is 12.9. The van der Waals surface area contributed by atoms with Crippen LogP contribution in [0.25, 0.3) is 11.4 Å². The lowest BCUT2D eigenvalue weighted by Gasteiger charge is -2.27. The van der Waals surface area contributed by atoms with Gasteiger partial charge >= 0.3 is 0 Å². The van der Waals surface area contributed by atoms with Gasteiger partial charge in [0.25, 0.3) is 5.91 Å². The van der Waals surface area contributed by atoms with Gasteiger partial charge in [0.15, 0.2) is 11.0 Å². The summed E-state index contributed by atoms with van der Waals surface area (Å²) in [6.07, 6.45) is 0. The van der Waals surface area contributed by atoms with E-state index in [4.69, 9.17) is 4.74 Å². The van der Waals surface area contributed by atoms with Gasteiger partial charge in [-0.2, -0.15) is 0 Å². The second-order valence-corrected chi connectivity index (χ2v) is 9.08. The zero-order valence-electron chi connectivity index (χ0n) is 19.7. The zero-order chi connectivity index (χ0) is 24.1. The number of thioether (sulfide) groups is 1. The Bertz CT molecular complexity index is 1190. The fraction of sp³-hybridized carbons (Fsp3) is 0.360. The van der Waals surface area contributed by atoms with Crippen LogP contribution in [0, 0.1) is 13.8 Å². The third-order valence-electron chi connectivity index (χ3n) is 5.78.